The van der Waals surface area contributed by atoms with E-state index in [1.807, 2.05) is 25.3 Å². The van der Waals surface area contributed by atoms with Crippen LogP contribution >= 0.6 is 0 Å². The molecule has 6 heteroatoms. The van der Waals surface area contributed by atoms with Gasteiger partial charge in [0, 0.05) is 36.9 Å². The van der Waals surface area contributed by atoms with Crippen LogP contribution in [0.25, 0.3) is 10.9 Å². The van der Waals surface area contributed by atoms with Crippen molar-refractivity contribution >= 4 is 22.5 Å². The number of fused-ring (bicyclic) bond motifs is 1. The normalized spacial score (nSPS) is 16.9. The summed E-state index contributed by atoms with van der Waals surface area (Å²) in [4.78, 5) is 16.3. The number of pyridine rings is 1. The topological polar surface area (TPSA) is 58.9 Å². The molecule has 1 N–H and O–H groups in total. The first-order chi connectivity index (χ1) is 14.7. The molecule has 1 fully saturated rings. The van der Waals surface area contributed by atoms with Gasteiger partial charge in [-0.05, 0) is 49.6 Å². The molecule has 0 bridgehead atoms. The van der Waals surface area contributed by atoms with Gasteiger partial charge in [0.1, 0.15) is 11.6 Å². The summed E-state index contributed by atoms with van der Waals surface area (Å²) in [6.07, 6.45) is 9.99. The monoisotopic (exact) mass is 398 g/mol. The van der Waals surface area contributed by atoms with Crippen molar-refractivity contribution in [3.8, 4) is 0 Å². The first-order valence-corrected chi connectivity index (χ1v) is 10.5. The van der Waals surface area contributed by atoms with Crippen LogP contribution in [0.4, 0.5) is 11.6 Å². The molecule has 0 amide bonds. The maximum absolute atomic E-state index is 4.89. The number of para-hydroxylation sites is 1. The highest BCUT2D eigenvalue weighted by Gasteiger charge is 2.28. The Morgan fingerprint density at radius 1 is 1.13 bits per heavy atom. The molecule has 4 heterocycles. The van der Waals surface area contributed by atoms with E-state index in [1.165, 1.54) is 22.9 Å². The predicted octanol–water partition coefficient (Wildman–Crippen LogP) is 4.75. The highest BCUT2D eigenvalue weighted by atomic mass is 15.2. The summed E-state index contributed by atoms with van der Waals surface area (Å²) < 4.78 is 2.22. The van der Waals surface area contributed by atoms with Gasteiger partial charge >= 0.3 is 0 Å². The third-order valence-corrected chi connectivity index (χ3v) is 5.97. The molecule has 0 radical (unpaired) electrons. The molecule has 0 spiro atoms. The number of nitrogens with one attached hydrogen (secondary N) is 1. The number of aryl methyl sites for hydroxylation is 2. The van der Waals surface area contributed by atoms with Crippen molar-refractivity contribution in [1.29, 1.82) is 0 Å². The van der Waals surface area contributed by atoms with Gasteiger partial charge in [-0.1, -0.05) is 24.3 Å². The minimum Gasteiger partial charge on any atom is -0.350 e. The van der Waals surface area contributed by atoms with Gasteiger partial charge in [-0.3, -0.25) is 9.88 Å². The second kappa shape index (κ2) is 7.88. The zero-order chi connectivity index (χ0) is 20.5. The second-order valence-corrected chi connectivity index (χ2v) is 8.03. The Morgan fingerprint density at radius 3 is 2.93 bits per heavy atom. The zero-order valence-corrected chi connectivity index (χ0v) is 17.4. The van der Waals surface area contributed by atoms with E-state index >= 15 is 0 Å². The highest BCUT2D eigenvalue weighted by molar-refractivity contribution is 5.83. The van der Waals surface area contributed by atoms with Gasteiger partial charge in [0.2, 0.25) is 0 Å². The van der Waals surface area contributed by atoms with E-state index in [2.05, 4.69) is 62.3 Å². The fraction of sp³-hybridized carbons (Fsp3) is 0.292. The minimum atomic E-state index is 0.281. The summed E-state index contributed by atoms with van der Waals surface area (Å²) in [6.45, 7) is 4.03. The Bertz CT molecular complexity index is 1180. The standard InChI is InChI=1S/C24H26N6/c1-17-7-5-11-26-24(17)28-23-14-25-13-20(27-23)22-10-6-12-30(22)16-18-15-29(2)21-9-4-3-8-19(18)21/h3-5,7-9,11,13-15,22H,6,10,12,16H2,1-2H3,(H,26,27,28)/t22-/m0/s1. The van der Waals surface area contributed by atoms with E-state index in [9.17, 15) is 0 Å². The van der Waals surface area contributed by atoms with E-state index in [0.29, 0.717) is 0 Å². The van der Waals surface area contributed by atoms with Gasteiger partial charge in [0.05, 0.1) is 24.1 Å². The number of rotatable bonds is 5. The molecule has 1 aromatic carbocycles. The number of aromatic nitrogens is 4. The maximum Gasteiger partial charge on any atom is 0.150 e. The molecule has 1 aliphatic rings. The lowest BCUT2D eigenvalue weighted by atomic mass is 10.1. The van der Waals surface area contributed by atoms with Crippen LogP contribution in [0.15, 0.2) is 61.2 Å². The molecule has 3 aromatic heterocycles. The number of benzene rings is 1. The Hall–Kier alpha value is -3.25. The van der Waals surface area contributed by atoms with Crippen molar-refractivity contribution in [1.82, 2.24) is 24.4 Å². The van der Waals surface area contributed by atoms with Crippen LogP contribution in [0.2, 0.25) is 0 Å². The summed E-state index contributed by atoms with van der Waals surface area (Å²) in [5.41, 5.74) is 4.75. The molecule has 1 atom stereocenters. The van der Waals surface area contributed by atoms with Crippen molar-refractivity contribution in [3.05, 3.63) is 78.0 Å². The van der Waals surface area contributed by atoms with Crippen LogP contribution in [0.3, 0.4) is 0 Å². The lowest BCUT2D eigenvalue weighted by Crippen LogP contribution is -2.23. The first kappa shape index (κ1) is 18.8. The number of hydrogen-bond donors (Lipinski definition) is 1. The van der Waals surface area contributed by atoms with Gasteiger partial charge in [-0.25, -0.2) is 9.97 Å². The zero-order valence-electron chi connectivity index (χ0n) is 17.4. The molecule has 152 valence electrons. The Morgan fingerprint density at radius 2 is 2.03 bits per heavy atom. The van der Waals surface area contributed by atoms with E-state index in [4.69, 9.17) is 4.98 Å². The molecule has 4 aromatic rings. The fourth-order valence-corrected chi connectivity index (χ4v) is 4.46. The predicted molar refractivity (Wildman–Crippen MR) is 120 cm³/mol. The van der Waals surface area contributed by atoms with Gasteiger partial charge in [0.25, 0.3) is 0 Å². The third-order valence-electron chi connectivity index (χ3n) is 5.97. The van der Waals surface area contributed by atoms with E-state index in [0.717, 1.165) is 42.4 Å². The van der Waals surface area contributed by atoms with Crippen LogP contribution in [-0.4, -0.2) is 31.0 Å². The van der Waals surface area contributed by atoms with Crippen molar-refractivity contribution in [2.24, 2.45) is 7.05 Å². The second-order valence-electron chi connectivity index (χ2n) is 8.03. The van der Waals surface area contributed by atoms with Crippen LogP contribution < -0.4 is 5.32 Å². The van der Waals surface area contributed by atoms with E-state index < -0.39 is 0 Å². The fourth-order valence-electron chi connectivity index (χ4n) is 4.46. The average Bonchev–Trinajstić information content (AvgIpc) is 3.35. The highest BCUT2D eigenvalue weighted by Crippen LogP contribution is 2.34. The number of likely N-dealkylation sites (tertiary alicyclic amines) is 1. The average molecular weight is 399 g/mol. The van der Waals surface area contributed by atoms with Gasteiger partial charge in [-0.2, -0.15) is 0 Å². The van der Waals surface area contributed by atoms with Crippen molar-refractivity contribution in [2.45, 2.75) is 32.4 Å². The summed E-state index contributed by atoms with van der Waals surface area (Å²) in [5.74, 6) is 1.56. The molecule has 0 unspecified atom stereocenters. The summed E-state index contributed by atoms with van der Waals surface area (Å²) in [7, 11) is 2.12. The van der Waals surface area contributed by atoms with E-state index in [1.54, 1.807) is 12.4 Å². The van der Waals surface area contributed by atoms with Crippen LogP contribution in [-0.2, 0) is 13.6 Å². The number of anilines is 2. The summed E-state index contributed by atoms with van der Waals surface area (Å²) >= 11 is 0. The summed E-state index contributed by atoms with van der Waals surface area (Å²) in [5, 5.41) is 4.65. The van der Waals surface area contributed by atoms with Crippen molar-refractivity contribution < 1.29 is 0 Å². The van der Waals surface area contributed by atoms with E-state index in [-0.39, 0.29) is 6.04 Å². The minimum absolute atomic E-state index is 0.281. The van der Waals surface area contributed by atoms with Gasteiger partial charge < -0.3 is 9.88 Å². The Kier molecular flexibility index (Phi) is 4.93. The quantitative estimate of drug-likeness (QED) is 0.526. The Balaban J connectivity index is 1.39. The molecule has 5 rings (SSSR count). The van der Waals surface area contributed by atoms with Crippen LogP contribution in [0.5, 0.6) is 0 Å². The molecule has 0 aliphatic carbocycles. The third kappa shape index (κ3) is 3.55. The van der Waals surface area contributed by atoms with Gasteiger partial charge in [-0.15, -0.1) is 0 Å². The molecule has 6 nitrogen and oxygen atoms in total. The molecular weight excluding hydrogens is 372 g/mol. The Labute approximate surface area is 176 Å². The maximum atomic E-state index is 4.89. The molecular formula is C24H26N6. The molecule has 1 aliphatic heterocycles. The smallest absolute Gasteiger partial charge is 0.150 e. The molecule has 1 saturated heterocycles. The van der Waals surface area contributed by atoms with Crippen LogP contribution in [0, 0.1) is 6.92 Å². The van der Waals surface area contributed by atoms with Crippen LogP contribution in [0.1, 0.15) is 35.7 Å². The first-order valence-electron chi connectivity index (χ1n) is 10.5. The van der Waals surface area contributed by atoms with Crippen molar-refractivity contribution in [2.75, 3.05) is 11.9 Å². The number of nitrogens with zero attached hydrogens (tertiary/aromatic N) is 5. The van der Waals surface area contributed by atoms with Gasteiger partial charge in [0.15, 0.2) is 0 Å². The summed E-state index contributed by atoms with van der Waals surface area (Å²) in [6, 6.07) is 12.9. The number of hydrogen-bond acceptors (Lipinski definition) is 5. The molecule has 0 saturated carbocycles. The van der Waals surface area contributed by atoms with Crippen molar-refractivity contribution in [3.63, 3.8) is 0 Å². The largest absolute Gasteiger partial charge is 0.350 e. The lowest BCUT2D eigenvalue weighted by molar-refractivity contribution is 0.245. The SMILES string of the molecule is Cc1cccnc1Nc1cncc([C@@H]2CCCN2Cc2cn(C)c3ccccc23)n1. The lowest BCUT2D eigenvalue weighted by Gasteiger charge is -2.24. The molecule has 30 heavy (non-hydrogen) atoms.